The summed E-state index contributed by atoms with van der Waals surface area (Å²) in [4.78, 5) is 16.4. The van der Waals surface area contributed by atoms with Gasteiger partial charge in [-0.2, -0.15) is 13.2 Å². The maximum atomic E-state index is 13.8. The summed E-state index contributed by atoms with van der Waals surface area (Å²) in [5.41, 5.74) is -0.672. The summed E-state index contributed by atoms with van der Waals surface area (Å²) in [6, 6.07) is 4.15. The number of fused-ring (bicyclic) bond motifs is 1. The van der Waals surface area contributed by atoms with Gasteiger partial charge in [0.25, 0.3) is 5.91 Å². The van der Waals surface area contributed by atoms with Crippen LogP contribution < -0.4 is 5.32 Å². The first-order chi connectivity index (χ1) is 15.0. The number of hydrogen-bond acceptors (Lipinski definition) is 3. The smallest absolute Gasteiger partial charge is 0.381 e. The van der Waals surface area contributed by atoms with Gasteiger partial charge in [-0.1, -0.05) is 0 Å². The molecule has 2 fully saturated rings. The molecular formula is C22H25F5N3O2. The summed E-state index contributed by atoms with van der Waals surface area (Å²) >= 11 is 0. The molecule has 3 heterocycles. The van der Waals surface area contributed by atoms with E-state index in [1.165, 1.54) is 10.5 Å². The lowest BCUT2D eigenvalue weighted by atomic mass is 9.83. The Labute approximate surface area is 182 Å². The van der Waals surface area contributed by atoms with Crippen LogP contribution in [0.3, 0.4) is 0 Å². The van der Waals surface area contributed by atoms with Gasteiger partial charge in [-0.25, -0.2) is 13.8 Å². The number of alkyl halides is 5. The lowest BCUT2D eigenvalue weighted by Crippen LogP contribution is -2.39. The molecule has 1 radical (unpaired) electrons. The van der Waals surface area contributed by atoms with E-state index in [-0.39, 0.29) is 61.0 Å². The van der Waals surface area contributed by atoms with Crippen LogP contribution in [0.1, 0.15) is 66.0 Å². The van der Waals surface area contributed by atoms with Crippen molar-refractivity contribution in [1.82, 2.24) is 14.7 Å². The van der Waals surface area contributed by atoms with Gasteiger partial charge in [-0.3, -0.25) is 4.79 Å². The largest absolute Gasteiger partial charge is 0.435 e. The first kappa shape index (κ1) is 22.9. The Morgan fingerprint density at radius 3 is 2.53 bits per heavy atom. The average molecular weight is 458 g/mol. The maximum absolute atomic E-state index is 13.8. The molecule has 2 aromatic rings. The molecule has 2 aliphatic rings. The van der Waals surface area contributed by atoms with Crippen molar-refractivity contribution in [2.45, 2.75) is 70.0 Å². The van der Waals surface area contributed by atoms with Crippen molar-refractivity contribution >= 4 is 11.6 Å². The van der Waals surface area contributed by atoms with E-state index < -0.39 is 23.7 Å². The highest BCUT2D eigenvalue weighted by Gasteiger charge is 2.40. The number of nitrogens with one attached hydrogen (secondary N) is 1. The van der Waals surface area contributed by atoms with Gasteiger partial charge in [-0.05, 0) is 51.0 Å². The minimum Gasteiger partial charge on any atom is -0.381 e. The molecule has 1 amide bonds. The molecule has 1 saturated heterocycles. The Morgan fingerprint density at radius 2 is 1.91 bits per heavy atom. The van der Waals surface area contributed by atoms with Gasteiger partial charge < -0.3 is 14.5 Å². The number of imidazole rings is 1. The number of rotatable bonds is 4. The summed E-state index contributed by atoms with van der Waals surface area (Å²) in [5.74, 6) is -3.46. The van der Waals surface area contributed by atoms with Gasteiger partial charge in [0, 0.05) is 43.9 Å². The zero-order chi connectivity index (χ0) is 23.1. The SMILES string of the molecule is Cc1cc(C(=O)NC2CCOCC2)[c]c2nc(C(F)(F)F)c(CC3CCC(F)(F)CC3)n12. The van der Waals surface area contributed by atoms with Crippen LogP contribution in [0.25, 0.3) is 5.65 Å². The van der Waals surface area contributed by atoms with Gasteiger partial charge in [0.05, 0.1) is 11.3 Å². The monoisotopic (exact) mass is 458 g/mol. The highest BCUT2D eigenvalue weighted by molar-refractivity contribution is 5.95. The molecule has 4 rings (SSSR count). The highest BCUT2D eigenvalue weighted by Crippen LogP contribution is 2.40. The second-order valence-electron chi connectivity index (χ2n) is 8.75. The number of aromatic nitrogens is 2. The summed E-state index contributed by atoms with van der Waals surface area (Å²) in [6.07, 6.45) is -3.70. The number of pyridine rings is 1. The second kappa shape index (κ2) is 8.61. The summed E-state index contributed by atoms with van der Waals surface area (Å²) < 4.78 is 74.9. The topological polar surface area (TPSA) is 55.6 Å². The van der Waals surface area contributed by atoms with E-state index in [4.69, 9.17) is 4.74 Å². The predicted molar refractivity (Wildman–Crippen MR) is 106 cm³/mol. The fraction of sp³-hybridized carbons (Fsp3) is 0.636. The third kappa shape index (κ3) is 4.89. The average Bonchev–Trinajstić information content (AvgIpc) is 3.09. The number of nitrogens with zero attached hydrogens (tertiary/aromatic N) is 2. The molecule has 1 N–H and O–H groups in total. The molecule has 0 bridgehead atoms. The van der Waals surface area contributed by atoms with Crippen LogP contribution in [0, 0.1) is 18.9 Å². The predicted octanol–water partition coefficient (Wildman–Crippen LogP) is 4.74. The van der Waals surface area contributed by atoms with E-state index in [0.29, 0.717) is 31.7 Å². The van der Waals surface area contributed by atoms with Gasteiger partial charge in [0.1, 0.15) is 5.65 Å². The third-order valence-electron chi connectivity index (χ3n) is 6.31. The van der Waals surface area contributed by atoms with E-state index >= 15 is 0 Å². The van der Waals surface area contributed by atoms with Crippen molar-refractivity contribution in [2.24, 2.45) is 5.92 Å². The summed E-state index contributed by atoms with van der Waals surface area (Å²) in [7, 11) is 0. The molecule has 0 unspecified atom stereocenters. The van der Waals surface area contributed by atoms with Crippen LogP contribution in [0.15, 0.2) is 6.07 Å². The lowest BCUT2D eigenvalue weighted by molar-refractivity contribution is -0.141. The standard InChI is InChI=1S/C22H25F5N3O2/c1-13-10-15(20(31)28-16-4-8-32-9-5-16)12-18-29-19(22(25,26)27)17(30(13)18)11-14-2-6-21(23,24)7-3-14/h10,14,16H,2-9,11H2,1H3,(H,28,31). The molecule has 1 aliphatic carbocycles. The van der Waals surface area contributed by atoms with Crippen molar-refractivity contribution in [3.05, 3.63) is 34.8 Å². The Kier molecular flexibility index (Phi) is 6.17. The molecule has 5 nitrogen and oxygen atoms in total. The first-order valence-electron chi connectivity index (χ1n) is 10.8. The maximum Gasteiger partial charge on any atom is 0.435 e. The normalized spacial score (nSPS) is 20.6. The van der Waals surface area contributed by atoms with Gasteiger partial charge in [0.15, 0.2) is 5.69 Å². The van der Waals surface area contributed by atoms with Crippen LogP contribution >= 0.6 is 0 Å². The zero-order valence-corrected chi connectivity index (χ0v) is 17.7. The van der Waals surface area contributed by atoms with Crippen molar-refractivity contribution in [1.29, 1.82) is 0 Å². The van der Waals surface area contributed by atoms with Crippen LogP contribution in [-0.2, 0) is 17.3 Å². The minimum absolute atomic E-state index is 0.00557. The fourth-order valence-corrected chi connectivity index (χ4v) is 4.57. The van der Waals surface area contributed by atoms with E-state index in [9.17, 15) is 26.7 Å². The Balaban J connectivity index is 1.64. The van der Waals surface area contributed by atoms with Gasteiger partial charge >= 0.3 is 6.18 Å². The van der Waals surface area contributed by atoms with Crippen LogP contribution in [0.2, 0.25) is 0 Å². The molecule has 32 heavy (non-hydrogen) atoms. The third-order valence-corrected chi connectivity index (χ3v) is 6.31. The molecule has 0 aromatic carbocycles. The van der Waals surface area contributed by atoms with E-state index in [0.717, 1.165) is 0 Å². The number of ether oxygens (including phenoxy) is 1. The number of carbonyl (C=O) groups is 1. The summed E-state index contributed by atoms with van der Waals surface area (Å²) in [5, 5.41) is 2.87. The molecule has 0 spiro atoms. The number of amides is 1. The van der Waals surface area contributed by atoms with Crippen molar-refractivity contribution in [3.63, 3.8) is 0 Å². The van der Waals surface area contributed by atoms with Gasteiger partial charge in [0.2, 0.25) is 5.92 Å². The van der Waals surface area contributed by atoms with Crippen molar-refractivity contribution in [2.75, 3.05) is 13.2 Å². The second-order valence-corrected chi connectivity index (χ2v) is 8.75. The minimum atomic E-state index is -4.70. The number of carbonyl (C=O) groups excluding carboxylic acids is 1. The Hall–Kier alpha value is -2.23. The molecular weight excluding hydrogens is 433 g/mol. The van der Waals surface area contributed by atoms with E-state index in [2.05, 4.69) is 16.4 Å². The Bertz CT molecular complexity index is 986. The van der Waals surface area contributed by atoms with Crippen LogP contribution in [0.5, 0.6) is 0 Å². The van der Waals surface area contributed by atoms with Gasteiger partial charge in [-0.15, -0.1) is 0 Å². The number of halogens is 5. The van der Waals surface area contributed by atoms with Crippen LogP contribution in [-0.4, -0.2) is 40.5 Å². The first-order valence-corrected chi connectivity index (χ1v) is 10.8. The molecule has 1 saturated carbocycles. The van der Waals surface area contributed by atoms with Crippen LogP contribution in [0.4, 0.5) is 22.0 Å². The highest BCUT2D eigenvalue weighted by atomic mass is 19.4. The lowest BCUT2D eigenvalue weighted by Gasteiger charge is -2.28. The molecule has 10 heteroatoms. The quantitative estimate of drug-likeness (QED) is 0.674. The number of hydrogen-bond donors (Lipinski definition) is 1. The molecule has 2 aromatic heterocycles. The molecule has 0 atom stereocenters. The van der Waals surface area contributed by atoms with E-state index in [1.807, 2.05) is 0 Å². The van der Waals surface area contributed by atoms with Crippen molar-refractivity contribution in [3.8, 4) is 0 Å². The molecule has 1 aliphatic heterocycles. The zero-order valence-electron chi connectivity index (χ0n) is 17.7. The summed E-state index contributed by atoms with van der Waals surface area (Å²) in [6.45, 7) is 2.68. The fourth-order valence-electron chi connectivity index (χ4n) is 4.57. The number of aryl methyl sites for hydroxylation is 1. The molecule has 175 valence electrons. The van der Waals surface area contributed by atoms with E-state index in [1.54, 1.807) is 6.92 Å². The Morgan fingerprint density at radius 1 is 1.25 bits per heavy atom. The van der Waals surface area contributed by atoms with Crippen molar-refractivity contribution < 1.29 is 31.5 Å².